The second-order valence-corrected chi connectivity index (χ2v) is 7.09. The SMILES string of the molecule is O=S(=O)(NCc1ccc(Cl)s1)c1cccc(O)c1. The highest BCUT2D eigenvalue weighted by Crippen LogP contribution is 2.22. The van der Waals surface area contributed by atoms with Crippen molar-refractivity contribution in [1.29, 1.82) is 0 Å². The molecule has 1 aromatic heterocycles. The number of sulfonamides is 1. The van der Waals surface area contributed by atoms with Crippen molar-refractivity contribution in [2.75, 3.05) is 0 Å². The summed E-state index contributed by atoms with van der Waals surface area (Å²) in [6.07, 6.45) is 0. The van der Waals surface area contributed by atoms with E-state index >= 15 is 0 Å². The Morgan fingerprint density at radius 2 is 2.06 bits per heavy atom. The number of thiophene rings is 1. The molecular formula is C11H10ClNO3S2. The van der Waals surface area contributed by atoms with Gasteiger partial charge in [-0.15, -0.1) is 11.3 Å². The van der Waals surface area contributed by atoms with E-state index in [0.717, 1.165) is 4.88 Å². The maximum Gasteiger partial charge on any atom is 0.241 e. The summed E-state index contributed by atoms with van der Waals surface area (Å²) in [6.45, 7) is 0.176. The average Bonchev–Trinajstić information content (AvgIpc) is 2.73. The van der Waals surface area contributed by atoms with Crippen molar-refractivity contribution in [2.24, 2.45) is 0 Å². The predicted molar refractivity (Wildman–Crippen MR) is 71.5 cm³/mol. The number of phenolic OH excluding ortho intramolecular Hbond substituents is 1. The monoisotopic (exact) mass is 303 g/mol. The summed E-state index contributed by atoms with van der Waals surface area (Å²) < 4.78 is 26.9. The van der Waals surface area contributed by atoms with Gasteiger partial charge in [-0.3, -0.25) is 0 Å². The molecule has 0 aliphatic heterocycles. The number of benzene rings is 1. The van der Waals surface area contributed by atoms with Crippen LogP contribution in [0.15, 0.2) is 41.3 Å². The molecule has 4 nitrogen and oxygen atoms in total. The fourth-order valence-corrected chi connectivity index (χ4v) is 3.51. The molecule has 7 heteroatoms. The van der Waals surface area contributed by atoms with Crippen molar-refractivity contribution in [2.45, 2.75) is 11.4 Å². The zero-order valence-corrected chi connectivity index (χ0v) is 11.5. The van der Waals surface area contributed by atoms with Crippen molar-refractivity contribution in [3.05, 3.63) is 45.6 Å². The van der Waals surface area contributed by atoms with Gasteiger partial charge in [0.25, 0.3) is 0 Å². The summed E-state index contributed by atoms with van der Waals surface area (Å²) in [5.74, 6) is -0.0861. The molecule has 2 N–H and O–H groups in total. The molecule has 0 atom stereocenters. The zero-order chi connectivity index (χ0) is 13.2. The first kappa shape index (κ1) is 13.4. The summed E-state index contributed by atoms with van der Waals surface area (Å²) >= 11 is 7.07. The molecule has 2 rings (SSSR count). The Morgan fingerprint density at radius 1 is 1.28 bits per heavy atom. The van der Waals surface area contributed by atoms with E-state index < -0.39 is 10.0 Å². The molecule has 0 unspecified atom stereocenters. The smallest absolute Gasteiger partial charge is 0.241 e. The van der Waals surface area contributed by atoms with Crippen molar-refractivity contribution < 1.29 is 13.5 Å². The lowest BCUT2D eigenvalue weighted by Crippen LogP contribution is -2.22. The van der Waals surface area contributed by atoms with Crippen molar-refractivity contribution in [3.63, 3.8) is 0 Å². The third-order valence-corrected chi connectivity index (χ3v) is 4.82. The van der Waals surface area contributed by atoms with E-state index in [4.69, 9.17) is 11.6 Å². The van der Waals surface area contributed by atoms with Crippen molar-refractivity contribution in [3.8, 4) is 5.75 Å². The highest BCUT2D eigenvalue weighted by Gasteiger charge is 2.14. The predicted octanol–water partition coefficient (Wildman–Crippen LogP) is 2.59. The molecule has 1 heterocycles. The first-order chi connectivity index (χ1) is 8.47. The molecule has 0 aliphatic rings. The Morgan fingerprint density at radius 3 is 2.67 bits per heavy atom. The molecule has 0 spiro atoms. The number of hydrogen-bond donors (Lipinski definition) is 2. The standard InChI is InChI=1S/C11H10ClNO3S2/c12-11-5-4-9(17-11)7-13-18(15,16)10-3-1-2-8(14)6-10/h1-6,13-14H,7H2. The number of hydrogen-bond acceptors (Lipinski definition) is 4. The Labute approximate surface area is 114 Å². The molecular weight excluding hydrogens is 294 g/mol. The van der Waals surface area contributed by atoms with Crippen LogP contribution < -0.4 is 4.72 Å². The number of rotatable bonds is 4. The van der Waals surface area contributed by atoms with E-state index in [-0.39, 0.29) is 17.2 Å². The molecule has 0 radical (unpaired) electrons. The third kappa shape index (κ3) is 3.23. The Kier molecular flexibility index (Phi) is 3.91. The van der Waals surface area contributed by atoms with Crippen LogP contribution in [-0.4, -0.2) is 13.5 Å². The maximum atomic E-state index is 11.9. The van der Waals surface area contributed by atoms with Crippen LogP contribution in [0.5, 0.6) is 5.75 Å². The van der Waals surface area contributed by atoms with Crippen LogP contribution in [0.25, 0.3) is 0 Å². The van der Waals surface area contributed by atoms with Gasteiger partial charge in [-0.1, -0.05) is 17.7 Å². The fraction of sp³-hybridized carbons (Fsp3) is 0.0909. The molecule has 0 aliphatic carbocycles. The minimum Gasteiger partial charge on any atom is -0.508 e. The molecule has 18 heavy (non-hydrogen) atoms. The van der Waals surface area contributed by atoms with Crippen LogP contribution in [-0.2, 0) is 16.6 Å². The molecule has 0 saturated carbocycles. The topological polar surface area (TPSA) is 66.4 Å². The van der Waals surface area contributed by atoms with Crippen LogP contribution >= 0.6 is 22.9 Å². The zero-order valence-electron chi connectivity index (χ0n) is 9.13. The van der Waals surface area contributed by atoms with Gasteiger partial charge in [0.2, 0.25) is 10.0 Å². The van der Waals surface area contributed by atoms with Crippen LogP contribution in [0.1, 0.15) is 4.88 Å². The van der Waals surface area contributed by atoms with Gasteiger partial charge in [0.15, 0.2) is 0 Å². The summed E-state index contributed by atoms with van der Waals surface area (Å²) in [5.41, 5.74) is 0. The first-order valence-corrected chi connectivity index (χ1v) is 7.68. The largest absolute Gasteiger partial charge is 0.508 e. The average molecular weight is 304 g/mol. The lowest BCUT2D eigenvalue weighted by atomic mass is 10.3. The van der Waals surface area contributed by atoms with Gasteiger partial charge in [0, 0.05) is 11.4 Å². The van der Waals surface area contributed by atoms with E-state index in [1.165, 1.54) is 35.6 Å². The lowest BCUT2D eigenvalue weighted by molar-refractivity contribution is 0.473. The molecule has 2 aromatic rings. The highest BCUT2D eigenvalue weighted by molar-refractivity contribution is 7.89. The summed E-state index contributed by atoms with van der Waals surface area (Å²) in [4.78, 5) is 0.855. The fourth-order valence-electron chi connectivity index (χ4n) is 1.35. The minimum absolute atomic E-state index is 0.0325. The van der Waals surface area contributed by atoms with Gasteiger partial charge < -0.3 is 5.11 Å². The minimum atomic E-state index is -3.62. The highest BCUT2D eigenvalue weighted by atomic mass is 35.5. The molecule has 0 bridgehead atoms. The molecule has 1 aromatic carbocycles. The van der Waals surface area contributed by atoms with E-state index in [2.05, 4.69) is 4.72 Å². The van der Waals surface area contributed by atoms with Gasteiger partial charge in [-0.25, -0.2) is 13.1 Å². The second kappa shape index (κ2) is 5.27. The first-order valence-electron chi connectivity index (χ1n) is 5.00. The molecule has 0 fully saturated rings. The van der Waals surface area contributed by atoms with E-state index in [1.54, 1.807) is 12.1 Å². The number of aromatic hydroxyl groups is 1. The summed E-state index contributed by atoms with van der Waals surface area (Å²) in [6, 6.07) is 8.99. The number of phenols is 1. The second-order valence-electron chi connectivity index (χ2n) is 3.53. The quantitative estimate of drug-likeness (QED) is 0.912. The lowest BCUT2D eigenvalue weighted by Gasteiger charge is -2.05. The summed E-state index contributed by atoms with van der Waals surface area (Å²) in [5, 5.41) is 9.26. The van der Waals surface area contributed by atoms with Crippen molar-refractivity contribution >= 4 is 33.0 Å². The Hall–Kier alpha value is -1.08. The van der Waals surface area contributed by atoms with E-state index in [1.807, 2.05) is 0 Å². The van der Waals surface area contributed by atoms with Gasteiger partial charge in [0.05, 0.1) is 9.23 Å². The van der Waals surface area contributed by atoms with E-state index in [0.29, 0.717) is 4.34 Å². The number of nitrogens with one attached hydrogen (secondary N) is 1. The summed E-state index contributed by atoms with van der Waals surface area (Å²) in [7, 11) is -3.62. The Bertz CT molecular complexity index is 652. The Balaban J connectivity index is 2.13. The molecule has 96 valence electrons. The van der Waals surface area contributed by atoms with Gasteiger partial charge in [-0.2, -0.15) is 0 Å². The van der Waals surface area contributed by atoms with Gasteiger partial charge in [0.1, 0.15) is 5.75 Å². The normalized spacial score (nSPS) is 11.6. The van der Waals surface area contributed by atoms with Gasteiger partial charge in [-0.05, 0) is 30.3 Å². The third-order valence-electron chi connectivity index (χ3n) is 2.19. The molecule has 0 saturated heterocycles. The number of halogens is 1. The maximum absolute atomic E-state index is 11.9. The van der Waals surface area contributed by atoms with Crippen molar-refractivity contribution in [1.82, 2.24) is 4.72 Å². The van der Waals surface area contributed by atoms with Crippen LogP contribution in [0.4, 0.5) is 0 Å². The van der Waals surface area contributed by atoms with Gasteiger partial charge >= 0.3 is 0 Å². The van der Waals surface area contributed by atoms with Crippen LogP contribution in [0, 0.1) is 0 Å². The molecule has 0 amide bonds. The van der Waals surface area contributed by atoms with Crippen LogP contribution in [0.3, 0.4) is 0 Å². The van der Waals surface area contributed by atoms with Crippen LogP contribution in [0.2, 0.25) is 4.34 Å². The van der Waals surface area contributed by atoms with E-state index in [9.17, 15) is 13.5 Å².